The Morgan fingerprint density at radius 3 is 2.75 bits per heavy atom. The normalized spacial score (nSPS) is 11.6. The van der Waals surface area contributed by atoms with Crippen LogP contribution in [0.1, 0.15) is 12.1 Å². The van der Waals surface area contributed by atoms with Gasteiger partial charge < -0.3 is 5.32 Å². The van der Waals surface area contributed by atoms with Crippen LogP contribution in [0.4, 0.5) is 0 Å². The van der Waals surface area contributed by atoms with Crippen LogP contribution in [0.5, 0.6) is 0 Å². The summed E-state index contributed by atoms with van der Waals surface area (Å²) < 4.78 is 21.7. The molecule has 0 bridgehead atoms. The van der Waals surface area contributed by atoms with Gasteiger partial charge in [0.1, 0.15) is 9.84 Å². The number of hydrogen-bond acceptors (Lipinski definition) is 4. The van der Waals surface area contributed by atoms with E-state index in [0.717, 1.165) is 25.2 Å². The lowest BCUT2D eigenvalue weighted by Crippen LogP contribution is -2.21. The molecule has 0 fully saturated rings. The molecule has 1 rings (SSSR count). The van der Waals surface area contributed by atoms with Gasteiger partial charge in [-0.3, -0.25) is 4.98 Å². The van der Waals surface area contributed by atoms with Gasteiger partial charge in [-0.1, -0.05) is 6.07 Å². The van der Waals surface area contributed by atoms with Gasteiger partial charge >= 0.3 is 0 Å². The maximum atomic E-state index is 10.8. The molecule has 90 valence electrons. The molecule has 4 nitrogen and oxygen atoms in total. The van der Waals surface area contributed by atoms with Crippen LogP contribution in [0.3, 0.4) is 0 Å². The Labute approximate surface area is 97.0 Å². The standard InChI is InChI=1S/C11H18N2O2S/c1-16(14,15)10-4-7-12-9-6-11-5-2-3-8-13-11/h2-3,5,8,12H,4,6-7,9-10H2,1H3. The Morgan fingerprint density at radius 1 is 1.31 bits per heavy atom. The van der Waals surface area contributed by atoms with Gasteiger partial charge in [0.25, 0.3) is 0 Å². The van der Waals surface area contributed by atoms with Crippen molar-refractivity contribution in [2.45, 2.75) is 12.8 Å². The first-order valence-electron chi connectivity index (χ1n) is 5.36. The van der Waals surface area contributed by atoms with E-state index in [1.807, 2.05) is 18.2 Å². The molecule has 16 heavy (non-hydrogen) atoms. The third kappa shape index (κ3) is 6.53. The molecule has 0 aliphatic carbocycles. The lowest BCUT2D eigenvalue weighted by atomic mass is 10.3. The number of sulfone groups is 1. The van der Waals surface area contributed by atoms with Crippen LogP contribution in [0, 0.1) is 0 Å². The van der Waals surface area contributed by atoms with Crippen LogP contribution in [0.2, 0.25) is 0 Å². The fourth-order valence-corrected chi connectivity index (χ4v) is 2.02. The number of aromatic nitrogens is 1. The highest BCUT2D eigenvalue weighted by atomic mass is 32.2. The Morgan fingerprint density at radius 2 is 2.12 bits per heavy atom. The van der Waals surface area contributed by atoms with Gasteiger partial charge in [0.2, 0.25) is 0 Å². The molecule has 1 N–H and O–H groups in total. The topological polar surface area (TPSA) is 59.1 Å². The van der Waals surface area contributed by atoms with Crippen molar-refractivity contribution in [3.05, 3.63) is 30.1 Å². The van der Waals surface area contributed by atoms with E-state index in [2.05, 4.69) is 10.3 Å². The number of hydrogen-bond donors (Lipinski definition) is 1. The Balaban J connectivity index is 2.05. The average Bonchev–Trinajstić information content (AvgIpc) is 2.23. The molecule has 1 aromatic heterocycles. The van der Waals surface area contributed by atoms with E-state index in [1.165, 1.54) is 6.26 Å². The molecule has 0 saturated heterocycles. The van der Waals surface area contributed by atoms with E-state index >= 15 is 0 Å². The van der Waals surface area contributed by atoms with Crippen molar-refractivity contribution in [3.8, 4) is 0 Å². The van der Waals surface area contributed by atoms with E-state index in [0.29, 0.717) is 6.42 Å². The molecule has 0 atom stereocenters. The van der Waals surface area contributed by atoms with Crippen molar-refractivity contribution in [1.29, 1.82) is 0 Å². The van der Waals surface area contributed by atoms with Gasteiger partial charge in [-0.05, 0) is 25.1 Å². The summed E-state index contributed by atoms with van der Waals surface area (Å²) in [6.07, 6.45) is 4.58. The molecule has 0 saturated carbocycles. The van der Waals surface area contributed by atoms with Crippen molar-refractivity contribution in [2.24, 2.45) is 0 Å². The van der Waals surface area contributed by atoms with Gasteiger partial charge in [-0.2, -0.15) is 0 Å². The summed E-state index contributed by atoms with van der Waals surface area (Å²) in [5.41, 5.74) is 1.05. The van der Waals surface area contributed by atoms with Crippen LogP contribution >= 0.6 is 0 Å². The molecule has 0 amide bonds. The second kappa shape index (κ2) is 6.60. The molecule has 1 aromatic rings. The van der Waals surface area contributed by atoms with Crippen molar-refractivity contribution < 1.29 is 8.42 Å². The number of nitrogens with zero attached hydrogens (tertiary/aromatic N) is 1. The first-order valence-corrected chi connectivity index (χ1v) is 7.42. The van der Waals surface area contributed by atoms with Crippen LogP contribution in [0.25, 0.3) is 0 Å². The maximum Gasteiger partial charge on any atom is 0.147 e. The molecule has 0 unspecified atom stereocenters. The van der Waals surface area contributed by atoms with E-state index < -0.39 is 9.84 Å². The van der Waals surface area contributed by atoms with Crippen LogP contribution in [-0.4, -0.2) is 38.5 Å². The summed E-state index contributed by atoms with van der Waals surface area (Å²) in [4.78, 5) is 4.20. The first-order chi connectivity index (χ1) is 7.58. The summed E-state index contributed by atoms with van der Waals surface area (Å²) in [6, 6.07) is 5.84. The summed E-state index contributed by atoms with van der Waals surface area (Å²) in [5.74, 6) is 0.254. The Kier molecular flexibility index (Phi) is 5.42. The van der Waals surface area contributed by atoms with Gasteiger partial charge in [0.15, 0.2) is 0 Å². The quantitative estimate of drug-likeness (QED) is 0.713. The largest absolute Gasteiger partial charge is 0.316 e. The number of rotatable bonds is 7. The van der Waals surface area contributed by atoms with Crippen molar-refractivity contribution in [2.75, 3.05) is 25.1 Å². The zero-order valence-corrected chi connectivity index (χ0v) is 10.3. The van der Waals surface area contributed by atoms with Gasteiger partial charge in [-0.25, -0.2) is 8.42 Å². The van der Waals surface area contributed by atoms with Crippen LogP contribution in [-0.2, 0) is 16.3 Å². The minimum atomic E-state index is -2.82. The van der Waals surface area contributed by atoms with E-state index in [4.69, 9.17) is 0 Å². The zero-order valence-electron chi connectivity index (χ0n) is 9.52. The van der Waals surface area contributed by atoms with Gasteiger partial charge in [-0.15, -0.1) is 0 Å². The molecular weight excluding hydrogens is 224 g/mol. The molecule has 0 aliphatic rings. The molecule has 5 heteroatoms. The van der Waals surface area contributed by atoms with Crippen LogP contribution < -0.4 is 5.32 Å². The lowest BCUT2D eigenvalue weighted by molar-refractivity contribution is 0.594. The fraction of sp³-hybridized carbons (Fsp3) is 0.545. The monoisotopic (exact) mass is 242 g/mol. The first kappa shape index (κ1) is 13.1. The van der Waals surface area contributed by atoms with Crippen molar-refractivity contribution >= 4 is 9.84 Å². The molecule has 0 radical (unpaired) electrons. The van der Waals surface area contributed by atoms with Crippen molar-refractivity contribution in [1.82, 2.24) is 10.3 Å². The summed E-state index contributed by atoms with van der Waals surface area (Å²) in [7, 11) is -2.82. The Bertz CT molecular complexity index is 390. The van der Waals surface area contributed by atoms with Crippen LogP contribution in [0.15, 0.2) is 24.4 Å². The third-order valence-corrected chi connectivity index (χ3v) is 3.18. The lowest BCUT2D eigenvalue weighted by Gasteiger charge is -2.03. The fourth-order valence-electron chi connectivity index (χ4n) is 1.35. The summed E-state index contributed by atoms with van der Waals surface area (Å²) in [6.45, 7) is 1.57. The molecule has 0 spiro atoms. The smallest absolute Gasteiger partial charge is 0.147 e. The predicted octanol–water partition coefficient (Wildman–Crippen LogP) is 0.648. The summed E-state index contributed by atoms with van der Waals surface area (Å²) in [5, 5.41) is 3.20. The Hall–Kier alpha value is -0.940. The molecule has 0 aliphatic heterocycles. The molecule has 0 aromatic carbocycles. The van der Waals surface area contributed by atoms with E-state index in [-0.39, 0.29) is 5.75 Å². The SMILES string of the molecule is CS(=O)(=O)CCCNCCc1ccccn1. The second-order valence-corrected chi connectivity index (χ2v) is 6.06. The highest BCUT2D eigenvalue weighted by Crippen LogP contribution is 1.93. The molecular formula is C11H18N2O2S. The second-order valence-electron chi connectivity index (χ2n) is 3.80. The molecule has 1 heterocycles. The van der Waals surface area contributed by atoms with Gasteiger partial charge in [0, 0.05) is 31.1 Å². The highest BCUT2D eigenvalue weighted by Gasteiger charge is 2.00. The minimum Gasteiger partial charge on any atom is -0.316 e. The highest BCUT2D eigenvalue weighted by molar-refractivity contribution is 7.90. The third-order valence-electron chi connectivity index (χ3n) is 2.15. The van der Waals surface area contributed by atoms with E-state index in [1.54, 1.807) is 6.20 Å². The van der Waals surface area contributed by atoms with E-state index in [9.17, 15) is 8.42 Å². The summed E-state index contributed by atoms with van der Waals surface area (Å²) >= 11 is 0. The number of pyridine rings is 1. The van der Waals surface area contributed by atoms with Crippen molar-refractivity contribution in [3.63, 3.8) is 0 Å². The number of nitrogens with one attached hydrogen (secondary N) is 1. The maximum absolute atomic E-state index is 10.8. The van der Waals surface area contributed by atoms with Gasteiger partial charge in [0.05, 0.1) is 5.75 Å². The zero-order chi connectivity index (χ0) is 11.9. The predicted molar refractivity (Wildman–Crippen MR) is 65.1 cm³/mol. The minimum absolute atomic E-state index is 0.254. The average molecular weight is 242 g/mol.